The summed E-state index contributed by atoms with van der Waals surface area (Å²) in [5.74, 6) is 0.779. The van der Waals surface area contributed by atoms with Crippen LogP contribution in [0.15, 0.2) is 0 Å². The van der Waals surface area contributed by atoms with Crippen molar-refractivity contribution < 1.29 is 19.1 Å². The van der Waals surface area contributed by atoms with Crippen molar-refractivity contribution in [3.8, 4) is 0 Å². The molecule has 0 aromatic heterocycles. The average Bonchev–Trinajstić information content (AvgIpc) is 2.86. The average molecular weight is 510 g/mol. The Kier molecular flexibility index (Phi) is 15.0. The van der Waals surface area contributed by atoms with Crippen LogP contribution in [0.3, 0.4) is 0 Å². The monoisotopic (exact) mass is 509 g/mol. The third-order valence-electron chi connectivity index (χ3n) is 7.33. The molecule has 0 saturated carbocycles. The molecule has 2 aliphatic heterocycles. The lowest BCUT2D eigenvalue weighted by atomic mass is 9.96. The van der Waals surface area contributed by atoms with Gasteiger partial charge < -0.3 is 30.5 Å². The number of nitrogens with two attached hydrogens (primary N) is 1. The molecule has 2 aliphatic rings. The van der Waals surface area contributed by atoms with E-state index in [0.29, 0.717) is 18.9 Å². The van der Waals surface area contributed by atoms with E-state index in [1.54, 1.807) is 0 Å². The first-order valence-corrected chi connectivity index (χ1v) is 14.3. The van der Waals surface area contributed by atoms with E-state index < -0.39 is 6.09 Å². The molecule has 9 nitrogen and oxygen atoms in total. The van der Waals surface area contributed by atoms with Gasteiger partial charge in [0, 0.05) is 52.2 Å². The van der Waals surface area contributed by atoms with Gasteiger partial charge in [0.25, 0.3) is 0 Å². The lowest BCUT2D eigenvalue weighted by molar-refractivity contribution is -0.137. The highest BCUT2D eigenvalue weighted by molar-refractivity contribution is 5.80. The van der Waals surface area contributed by atoms with Gasteiger partial charge in [-0.3, -0.25) is 9.59 Å². The quantitative estimate of drug-likeness (QED) is 0.290. The zero-order valence-corrected chi connectivity index (χ0v) is 22.8. The zero-order valence-electron chi connectivity index (χ0n) is 22.8. The van der Waals surface area contributed by atoms with Crippen LogP contribution in [-0.2, 0) is 14.3 Å². The predicted octanol–water partition coefficient (Wildman–Crippen LogP) is 2.63. The first-order chi connectivity index (χ1) is 17.4. The molecule has 0 aromatic rings. The molecule has 0 bridgehead atoms. The number of piperidine rings is 2. The largest absolute Gasteiger partial charge is 0.446 e. The maximum absolute atomic E-state index is 13.0. The zero-order chi connectivity index (χ0) is 26.2. The molecule has 3 N–H and O–H groups in total. The second-order valence-electron chi connectivity index (χ2n) is 10.5. The maximum Gasteiger partial charge on any atom is 0.404 e. The summed E-state index contributed by atoms with van der Waals surface area (Å²) in [6.45, 7) is 12.9. The number of ether oxygens (including phenoxy) is 1. The third kappa shape index (κ3) is 12.0. The highest BCUT2D eigenvalue weighted by atomic mass is 16.6. The summed E-state index contributed by atoms with van der Waals surface area (Å²) < 4.78 is 5.06. The highest BCUT2D eigenvalue weighted by Gasteiger charge is 2.28. The Hall–Kier alpha value is -1.71. The summed E-state index contributed by atoms with van der Waals surface area (Å²) in [6.07, 6.45) is 8.74. The molecule has 2 fully saturated rings. The van der Waals surface area contributed by atoms with Crippen LogP contribution in [0.4, 0.5) is 4.79 Å². The molecule has 2 heterocycles. The molecule has 9 heteroatoms. The number of rotatable bonds is 17. The van der Waals surface area contributed by atoms with Crippen molar-refractivity contribution in [2.75, 3.05) is 65.4 Å². The normalized spacial score (nSPS) is 19.8. The van der Waals surface area contributed by atoms with E-state index in [2.05, 4.69) is 33.9 Å². The molecule has 0 radical (unpaired) electrons. The van der Waals surface area contributed by atoms with Crippen LogP contribution in [0.2, 0.25) is 0 Å². The fraction of sp³-hybridized carbons (Fsp3) is 0.889. The molecular formula is C27H51N5O4. The van der Waals surface area contributed by atoms with Crippen molar-refractivity contribution in [1.29, 1.82) is 0 Å². The third-order valence-corrected chi connectivity index (χ3v) is 7.33. The number of hydrogen-bond acceptors (Lipinski definition) is 7. The topological polar surface area (TPSA) is 108 Å². The Morgan fingerprint density at radius 2 is 1.67 bits per heavy atom. The molecule has 208 valence electrons. The number of unbranched alkanes of at least 4 members (excludes halogenated alkanes) is 2. The smallest absolute Gasteiger partial charge is 0.404 e. The van der Waals surface area contributed by atoms with Gasteiger partial charge in [-0.2, -0.15) is 0 Å². The van der Waals surface area contributed by atoms with Gasteiger partial charge in [-0.1, -0.05) is 20.3 Å². The number of amides is 2. The number of nitrogens with zero attached hydrogens (tertiary/aromatic N) is 3. The van der Waals surface area contributed by atoms with Gasteiger partial charge >= 0.3 is 6.09 Å². The lowest BCUT2D eigenvalue weighted by Crippen LogP contribution is -2.45. The molecule has 0 aromatic carbocycles. The van der Waals surface area contributed by atoms with Crippen molar-refractivity contribution in [2.45, 2.75) is 84.2 Å². The number of primary amides is 1. The number of likely N-dealkylation sites (tertiary alicyclic amines) is 2. The lowest BCUT2D eigenvalue weighted by Gasteiger charge is -2.35. The summed E-state index contributed by atoms with van der Waals surface area (Å²) in [4.78, 5) is 42.8. The highest BCUT2D eigenvalue weighted by Crippen LogP contribution is 2.20. The Labute approximate surface area is 218 Å². The van der Waals surface area contributed by atoms with Crippen molar-refractivity contribution in [3.05, 3.63) is 0 Å². The molecular weight excluding hydrogens is 458 g/mol. The van der Waals surface area contributed by atoms with Crippen LogP contribution in [0, 0.1) is 5.92 Å². The Balaban J connectivity index is 1.49. The van der Waals surface area contributed by atoms with Gasteiger partial charge in [-0.25, -0.2) is 4.79 Å². The Morgan fingerprint density at radius 1 is 0.944 bits per heavy atom. The van der Waals surface area contributed by atoms with Crippen LogP contribution < -0.4 is 11.1 Å². The van der Waals surface area contributed by atoms with E-state index in [1.807, 2.05) is 0 Å². The van der Waals surface area contributed by atoms with Gasteiger partial charge in [0.2, 0.25) is 5.91 Å². The Bertz CT molecular complexity index is 648. The molecule has 1 atom stereocenters. The number of carbonyl (C=O) groups is 3. The van der Waals surface area contributed by atoms with Crippen LogP contribution in [0.1, 0.15) is 78.1 Å². The van der Waals surface area contributed by atoms with Crippen molar-refractivity contribution in [3.63, 3.8) is 0 Å². The molecule has 1 unspecified atom stereocenters. The minimum absolute atomic E-state index is 0.0610. The SMILES string of the molecule is CCCN(CCC)C(=O)C1CCCN(CCCCCC(=O)CNCCN2CCC(OC(N)=O)CC2)C1. The number of carbonyl (C=O) groups excluding carboxylic acids is 3. The minimum atomic E-state index is -0.693. The second-order valence-corrected chi connectivity index (χ2v) is 10.5. The van der Waals surface area contributed by atoms with Crippen LogP contribution in [0.5, 0.6) is 0 Å². The number of nitrogens with one attached hydrogen (secondary N) is 1. The number of ketones is 1. The van der Waals surface area contributed by atoms with Gasteiger partial charge in [0.15, 0.2) is 0 Å². The van der Waals surface area contributed by atoms with Crippen LogP contribution in [0.25, 0.3) is 0 Å². The van der Waals surface area contributed by atoms with Gasteiger partial charge in [0.05, 0.1) is 12.5 Å². The summed E-state index contributed by atoms with van der Waals surface area (Å²) >= 11 is 0. The molecule has 2 saturated heterocycles. The van der Waals surface area contributed by atoms with E-state index >= 15 is 0 Å². The summed E-state index contributed by atoms with van der Waals surface area (Å²) in [5, 5.41) is 3.27. The molecule has 0 aliphatic carbocycles. The van der Waals surface area contributed by atoms with Crippen molar-refractivity contribution >= 4 is 17.8 Å². The molecule has 0 spiro atoms. The van der Waals surface area contributed by atoms with Crippen LogP contribution >= 0.6 is 0 Å². The first kappa shape index (κ1) is 30.5. The van der Waals surface area contributed by atoms with Crippen molar-refractivity contribution in [1.82, 2.24) is 20.0 Å². The minimum Gasteiger partial charge on any atom is -0.446 e. The van der Waals surface area contributed by atoms with E-state index in [4.69, 9.17) is 10.5 Å². The molecule has 2 rings (SSSR count). The van der Waals surface area contributed by atoms with E-state index in [-0.39, 0.29) is 17.8 Å². The van der Waals surface area contributed by atoms with Gasteiger partial charge in [0.1, 0.15) is 11.9 Å². The maximum atomic E-state index is 13.0. The number of Topliss-reactive ketones (excluding diaryl/α,β-unsaturated/α-hetero) is 1. The number of hydrogen-bond donors (Lipinski definition) is 2. The first-order valence-electron chi connectivity index (χ1n) is 14.3. The standard InChI is InChI=1S/C27H51N5O4/c1-3-14-32(15-4-2)26(34)23-9-8-17-31(22-23)16-7-5-6-10-24(33)21-29-13-20-30-18-11-25(12-19-30)36-27(28)35/h23,25,29H,3-22H2,1-2H3,(H2,28,35). The molecule has 2 amide bonds. The fourth-order valence-electron chi connectivity index (χ4n) is 5.39. The van der Waals surface area contributed by atoms with Crippen molar-refractivity contribution in [2.24, 2.45) is 11.7 Å². The van der Waals surface area contributed by atoms with Gasteiger partial charge in [-0.05, 0) is 64.5 Å². The summed E-state index contributed by atoms with van der Waals surface area (Å²) in [7, 11) is 0. The van der Waals surface area contributed by atoms with Crippen LogP contribution in [-0.4, -0.2) is 104 Å². The Morgan fingerprint density at radius 3 is 2.33 bits per heavy atom. The van der Waals surface area contributed by atoms with E-state index in [0.717, 1.165) is 117 Å². The summed E-state index contributed by atoms with van der Waals surface area (Å²) in [5.41, 5.74) is 5.08. The van der Waals surface area contributed by atoms with E-state index in [1.165, 1.54) is 0 Å². The summed E-state index contributed by atoms with van der Waals surface area (Å²) in [6, 6.07) is 0. The second kappa shape index (κ2) is 17.7. The van der Waals surface area contributed by atoms with E-state index in [9.17, 15) is 14.4 Å². The molecule has 36 heavy (non-hydrogen) atoms. The van der Waals surface area contributed by atoms with Gasteiger partial charge in [-0.15, -0.1) is 0 Å². The fourth-order valence-corrected chi connectivity index (χ4v) is 5.39. The predicted molar refractivity (Wildman–Crippen MR) is 143 cm³/mol.